The van der Waals surface area contributed by atoms with Crippen LogP contribution in [0, 0.1) is 0 Å². The van der Waals surface area contributed by atoms with Crippen molar-refractivity contribution in [2.24, 2.45) is 4.74 Å². The molecule has 0 aliphatic carbocycles. The van der Waals surface area contributed by atoms with Crippen LogP contribution >= 0.6 is 7.05 Å². The highest BCUT2D eigenvalue weighted by Crippen LogP contribution is 2.40. The number of hydrogen-bond acceptors (Lipinski definition) is 2. The molecule has 0 amide bonds. The molecule has 2 aromatic rings. The van der Waals surface area contributed by atoms with Crippen LogP contribution in [0.1, 0.15) is 11.3 Å². The lowest BCUT2D eigenvalue weighted by Gasteiger charge is -2.08. The molecule has 0 radical (unpaired) electrons. The zero-order valence-corrected chi connectivity index (χ0v) is 11.9. The zero-order chi connectivity index (χ0) is 13.0. The van der Waals surface area contributed by atoms with Crippen molar-refractivity contribution < 1.29 is 4.42 Å². The summed E-state index contributed by atoms with van der Waals surface area (Å²) < 4.78 is 10.3. The molecule has 1 heterocycles. The van der Waals surface area contributed by atoms with Crippen LogP contribution in [-0.4, -0.2) is 20.0 Å². The molecular weight excluding hydrogens is 241 g/mol. The molecule has 0 saturated heterocycles. The average Bonchev–Trinajstić information content (AvgIpc) is 2.81. The molecule has 0 fully saturated rings. The third-order valence-corrected chi connectivity index (χ3v) is 3.10. The zero-order valence-electron chi connectivity index (χ0n) is 11.0. The summed E-state index contributed by atoms with van der Waals surface area (Å²) in [5.74, 6) is 0.828. The monoisotopic (exact) mass is 259 g/mol. The van der Waals surface area contributed by atoms with Gasteiger partial charge in [-0.1, -0.05) is 30.3 Å². The van der Waals surface area contributed by atoms with Gasteiger partial charge in [-0.25, -0.2) is 0 Å². The van der Waals surface area contributed by atoms with Crippen LogP contribution < -0.4 is 0 Å². The van der Waals surface area contributed by atoms with Gasteiger partial charge in [0.2, 0.25) is 0 Å². The normalized spacial score (nSPS) is 12.5. The van der Waals surface area contributed by atoms with Crippen LogP contribution in [-0.2, 0) is 0 Å². The first-order chi connectivity index (χ1) is 8.54. The van der Waals surface area contributed by atoms with Crippen LogP contribution in [0.2, 0.25) is 0 Å². The lowest BCUT2D eigenvalue weighted by Crippen LogP contribution is -1.80. The summed E-state index contributed by atoms with van der Waals surface area (Å²) in [6.07, 6.45) is 3.76. The van der Waals surface area contributed by atoms with Gasteiger partial charge in [0.15, 0.2) is 5.76 Å². The summed E-state index contributed by atoms with van der Waals surface area (Å²) >= 11 is 0. The van der Waals surface area contributed by atoms with Crippen molar-refractivity contribution in [1.29, 1.82) is 0 Å². The average molecular weight is 259 g/mol. The van der Waals surface area contributed by atoms with Crippen molar-refractivity contribution in [3.8, 4) is 0 Å². The van der Waals surface area contributed by atoms with Crippen molar-refractivity contribution in [1.82, 2.24) is 0 Å². The smallest absolute Gasteiger partial charge is 0.152 e. The summed E-state index contributed by atoms with van der Waals surface area (Å²) in [5, 5.41) is 0. The Bertz CT molecular complexity index is 568. The topological polar surface area (TPSA) is 25.5 Å². The van der Waals surface area contributed by atoms with E-state index in [1.165, 1.54) is 0 Å². The van der Waals surface area contributed by atoms with Gasteiger partial charge in [-0.15, -0.1) is 0 Å². The Balaban J connectivity index is 2.47. The van der Waals surface area contributed by atoms with Crippen LogP contribution in [0.4, 0.5) is 0 Å². The van der Waals surface area contributed by atoms with Gasteiger partial charge in [0.25, 0.3) is 0 Å². The number of benzene rings is 1. The van der Waals surface area contributed by atoms with Crippen molar-refractivity contribution in [2.75, 3.05) is 20.0 Å². The lowest BCUT2D eigenvalue weighted by atomic mass is 10.2. The van der Waals surface area contributed by atoms with E-state index in [4.69, 9.17) is 9.16 Å². The molecule has 0 aliphatic rings. The van der Waals surface area contributed by atoms with E-state index >= 15 is 0 Å². The molecule has 0 N–H and O–H groups in total. The molecule has 3 heteroatoms. The van der Waals surface area contributed by atoms with E-state index in [2.05, 4.69) is 38.2 Å². The number of hydrogen-bond donors (Lipinski definition) is 0. The first kappa shape index (κ1) is 12.9. The highest BCUT2D eigenvalue weighted by atomic mass is 31.2. The Morgan fingerprint density at radius 3 is 2.33 bits per heavy atom. The molecule has 0 unspecified atom stereocenters. The van der Waals surface area contributed by atoms with Crippen molar-refractivity contribution in [3.05, 3.63) is 60.1 Å². The third kappa shape index (κ3) is 3.75. The largest absolute Gasteiger partial charge is 0.463 e. The second-order valence-corrected chi connectivity index (χ2v) is 9.04. The quantitative estimate of drug-likeness (QED) is 0.722. The van der Waals surface area contributed by atoms with E-state index in [-0.39, 0.29) is 0 Å². The second kappa shape index (κ2) is 5.41. The molecule has 0 saturated carbocycles. The van der Waals surface area contributed by atoms with Crippen LogP contribution in [0.15, 0.2) is 57.9 Å². The van der Waals surface area contributed by atoms with E-state index in [9.17, 15) is 0 Å². The molecule has 1 aromatic carbocycles. The van der Waals surface area contributed by atoms with Crippen LogP contribution in [0.5, 0.6) is 0 Å². The van der Waals surface area contributed by atoms with Gasteiger partial charge in [0, 0.05) is 0 Å². The molecule has 18 heavy (non-hydrogen) atoms. The molecule has 94 valence electrons. The minimum absolute atomic E-state index is 0.828. The van der Waals surface area contributed by atoms with Crippen molar-refractivity contribution in [2.45, 2.75) is 0 Å². The molecule has 2 nitrogen and oxygen atoms in total. The molecule has 0 atom stereocenters. The Hall–Kier alpha value is -1.53. The maximum atomic E-state index is 5.47. The number of rotatable bonds is 3. The highest BCUT2D eigenvalue weighted by molar-refractivity contribution is 7.64. The van der Waals surface area contributed by atoms with Gasteiger partial charge in [-0.3, -0.25) is 4.74 Å². The number of nitrogens with zero attached hydrogens (tertiary/aromatic N) is 1. The second-order valence-electron chi connectivity index (χ2n) is 4.96. The summed E-state index contributed by atoms with van der Waals surface area (Å²) in [5.41, 5.74) is 2.06. The fourth-order valence-corrected chi connectivity index (χ4v) is 2.41. The van der Waals surface area contributed by atoms with E-state index in [1.807, 2.05) is 30.3 Å². The van der Waals surface area contributed by atoms with Gasteiger partial charge in [0.1, 0.15) is 5.70 Å². The minimum atomic E-state index is -1.25. The summed E-state index contributed by atoms with van der Waals surface area (Å²) in [4.78, 5) is 0. The molecule has 0 bridgehead atoms. The minimum Gasteiger partial charge on any atom is -0.463 e. The Labute approximate surface area is 108 Å². The van der Waals surface area contributed by atoms with Crippen LogP contribution in [0.25, 0.3) is 11.8 Å². The fraction of sp³-hybridized carbons (Fsp3) is 0.200. The Kier molecular flexibility index (Phi) is 3.88. The summed E-state index contributed by atoms with van der Waals surface area (Å²) in [6.45, 7) is 6.57. The Morgan fingerprint density at radius 2 is 1.78 bits per heavy atom. The van der Waals surface area contributed by atoms with Crippen LogP contribution in [0.3, 0.4) is 0 Å². The standard InChI is InChI=1S/C15H18NOP/c1-18(2,3)16-14(15-10-7-11-17-15)12-13-8-5-4-6-9-13/h4-12H,1-3H3/b14-12+. The first-order valence-corrected chi connectivity index (χ1v) is 8.98. The van der Waals surface area contributed by atoms with Gasteiger partial charge in [-0.05, 0) is 50.8 Å². The van der Waals surface area contributed by atoms with E-state index in [1.54, 1.807) is 6.26 Å². The molecule has 0 aliphatic heterocycles. The van der Waals surface area contributed by atoms with E-state index < -0.39 is 7.05 Å². The van der Waals surface area contributed by atoms with E-state index in [0.29, 0.717) is 0 Å². The fourth-order valence-electron chi connectivity index (χ4n) is 1.60. The van der Waals surface area contributed by atoms with Crippen molar-refractivity contribution >= 4 is 18.8 Å². The Morgan fingerprint density at radius 1 is 1.06 bits per heavy atom. The van der Waals surface area contributed by atoms with Gasteiger partial charge >= 0.3 is 0 Å². The molecule has 2 rings (SSSR count). The van der Waals surface area contributed by atoms with Gasteiger partial charge in [0.05, 0.1) is 6.26 Å². The van der Waals surface area contributed by atoms with Gasteiger partial charge < -0.3 is 4.42 Å². The van der Waals surface area contributed by atoms with Crippen molar-refractivity contribution in [3.63, 3.8) is 0 Å². The highest BCUT2D eigenvalue weighted by Gasteiger charge is 2.06. The lowest BCUT2D eigenvalue weighted by molar-refractivity contribution is 0.552. The third-order valence-electron chi connectivity index (χ3n) is 2.28. The SMILES string of the molecule is CP(C)(C)=N/C(=C/c1ccccc1)c1ccco1. The summed E-state index contributed by atoms with van der Waals surface area (Å²) in [7, 11) is -1.25. The number of furan rings is 1. The molecule has 0 spiro atoms. The van der Waals surface area contributed by atoms with E-state index in [0.717, 1.165) is 17.0 Å². The first-order valence-electron chi connectivity index (χ1n) is 5.90. The predicted octanol–water partition coefficient (Wildman–Crippen LogP) is 4.87. The predicted molar refractivity (Wildman–Crippen MR) is 80.1 cm³/mol. The maximum Gasteiger partial charge on any atom is 0.152 e. The molecule has 1 aromatic heterocycles. The summed E-state index contributed by atoms with van der Waals surface area (Å²) in [6, 6.07) is 14.0. The maximum absolute atomic E-state index is 5.47. The molecular formula is C15H18NOP. The van der Waals surface area contributed by atoms with Gasteiger partial charge in [-0.2, -0.15) is 0 Å².